The third-order valence-corrected chi connectivity index (χ3v) is 3.99. The number of nitrogens with zero attached hydrogens (tertiary/aromatic N) is 2. The first-order valence-corrected chi connectivity index (χ1v) is 7.43. The summed E-state index contributed by atoms with van der Waals surface area (Å²) in [6.07, 6.45) is -1.79. The summed E-state index contributed by atoms with van der Waals surface area (Å²) in [4.78, 5) is 4.09. The van der Waals surface area contributed by atoms with Crippen molar-refractivity contribution in [2.75, 3.05) is 12.4 Å². The van der Waals surface area contributed by atoms with Crippen LogP contribution in [-0.2, 0) is 13.2 Å². The Morgan fingerprint density at radius 2 is 2.18 bits per heavy atom. The Hall–Kier alpha value is -1.67. The predicted octanol–water partition coefficient (Wildman–Crippen LogP) is 2.97. The summed E-state index contributed by atoms with van der Waals surface area (Å²) in [7, 11) is 1.83. The molecule has 1 aromatic heterocycles. The molecular formula is C14H15F3N2O2S. The van der Waals surface area contributed by atoms with Gasteiger partial charge in [-0.25, -0.2) is 4.98 Å². The first kappa shape index (κ1) is 16.7. The number of hydrogen-bond acceptors (Lipinski definition) is 4. The van der Waals surface area contributed by atoms with Gasteiger partial charge in [0.2, 0.25) is 0 Å². The van der Waals surface area contributed by atoms with E-state index in [0.29, 0.717) is 5.75 Å². The Bertz CT molecular complexity index is 616. The number of alkyl halides is 3. The van der Waals surface area contributed by atoms with E-state index in [-0.39, 0.29) is 12.4 Å². The van der Waals surface area contributed by atoms with Crippen LogP contribution in [0.2, 0.25) is 0 Å². The van der Waals surface area contributed by atoms with E-state index >= 15 is 0 Å². The fraction of sp³-hybridized carbons (Fsp3) is 0.357. The van der Waals surface area contributed by atoms with Gasteiger partial charge in [-0.05, 0) is 18.2 Å². The predicted molar refractivity (Wildman–Crippen MR) is 76.9 cm³/mol. The highest BCUT2D eigenvalue weighted by atomic mass is 32.2. The molecule has 0 saturated heterocycles. The van der Waals surface area contributed by atoms with E-state index in [2.05, 4.69) is 4.98 Å². The SMILES string of the molecule is Cn1ccnc1SCC(O)COc1cccc(C(F)(F)F)c1. The second kappa shape index (κ2) is 7.06. The lowest BCUT2D eigenvalue weighted by molar-refractivity contribution is -0.137. The van der Waals surface area contributed by atoms with Crippen molar-refractivity contribution in [1.29, 1.82) is 0 Å². The number of rotatable bonds is 6. The van der Waals surface area contributed by atoms with E-state index in [0.717, 1.165) is 17.3 Å². The van der Waals surface area contributed by atoms with Gasteiger partial charge in [0.15, 0.2) is 5.16 Å². The maximum absolute atomic E-state index is 12.6. The number of thioether (sulfide) groups is 1. The van der Waals surface area contributed by atoms with Gasteiger partial charge in [-0.1, -0.05) is 17.8 Å². The van der Waals surface area contributed by atoms with Crippen LogP contribution < -0.4 is 4.74 Å². The molecule has 0 spiro atoms. The van der Waals surface area contributed by atoms with Crippen molar-refractivity contribution in [3.63, 3.8) is 0 Å². The summed E-state index contributed by atoms with van der Waals surface area (Å²) in [5.41, 5.74) is -0.776. The van der Waals surface area contributed by atoms with Crippen molar-refractivity contribution in [3.05, 3.63) is 42.2 Å². The van der Waals surface area contributed by atoms with Gasteiger partial charge in [0.05, 0.1) is 11.7 Å². The molecule has 2 rings (SSSR count). The fourth-order valence-corrected chi connectivity index (χ4v) is 2.50. The average Bonchev–Trinajstić information content (AvgIpc) is 2.88. The second-order valence-electron chi connectivity index (χ2n) is 4.62. The van der Waals surface area contributed by atoms with Crippen LogP contribution in [0.25, 0.3) is 0 Å². The average molecular weight is 332 g/mol. The quantitative estimate of drug-likeness (QED) is 0.826. The zero-order valence-corrected chi connectivity index (χ0v) is 12.6. The number of ether oxygens (including phenoxy) is 1. The van der Waals surface area contributed by atoms with Crippen molar-refractivity contribution in [2.24, 2.45) is 7.05 Å². The monoisotopic (exact) mass is 332 g/mol. The molecule has 1 unspecified atom stereocenters. The van der Waals surface area contributed by atoms with Crippen molar-refractivity contribution in [2.45, 2.75) is 17.4 Å². The summed E-state index contributed by atoms with van der Waals surface area (Å²) < 4.78 is 44.7. The van der Waals surface area contributed by atoms with Crippen LogP contribution in [0.3, 0.4) is 0 Å². The molecule has 1 aromatic carbocycles. The fourth-order valence-electron chi connectivity index (χ4n) is 1.66. The van der Waals surface area contributed by atoms with E-state index in [9.17, 15) is 18.3 Å². The smallest absolute Gasteiger partial charge is 0.416 e. The van der Waals surface area contributed by atoms with Crippen LogP contribution >= 0.6 is 11.8 Å². The molecule has 2 aromatic rings. The van der Waals surface area contributed by atoms with Gasteiger partial charge in [0, 0.05) is 25.2 Å². The summed E-state index contributed by atoms with van der Waals surface area (Å²) in [5, 5.41) is 10.6. The topological polar surface area (TPSA) is 47.3 Å². The number of halogens is 3. The Balaban J connectivity index is 1.83. The molecular weight excluding hydrogens is 317 g/mol. The van der Waals surface area contributed by atoms with Crippen molar-refractivity contribution >= 4 is 11.8 Å². The molecule has 8 heteroatoms. The minimum absolute atomic E-state index is 0.0795. The van der Waals surface area contributed by atoms with Gasteiger partial charge in [-0.15, -0.1) is 0 Å². The molecule has 1 atom stereocenters. The van der Waals surface area contributed by atoms with Gasteiger partial charge < -0.3 is 14.4 Å². The van der Waals surface area contributed by atoms with Crippen molar-refractivity contribution < 1.29 is 23.0 Å². The molecule has 0 bridgehead atoms. The maximum atomic E-state index is 12.6. The van der Waals surface area contributed by atoms with Gasteiger partial charge in [-0.2, -0.15) is 13.2 Å². The maximum Gasteiger partial charge on any atom is 0.416 e. The molecule has 0 aliphatic heterocycles. The van der Waals surface area contributed by atoms with Gasteiger partial charge in [0.1, 0.15) is 12.4 Å². The van der Waals surface area contributed by atoms with Crippen LogP contribution in [0, 0.1) is 0 Å². The molecule has 0 fully saturated rings. The van der Waals surface area contributed by atoms with E-state index in [1.807, 2.05) is 11.6 Å². The highest BCUT2D eigenvalue weighted by molar-refractivity contribution is 7.99. The highest BCUT2D eigenvalue weighted by Crippen LogP contribution is 2.31. The lowest BCUT2D eigenvalue weighted by Gasteiger charge is -2.13. The lowest BCUT2D eigenvalue weighted by atomic mass is 10.2. The van der Waals surface area contributed by atoms with Crippen molar-refractivity contribution in [1.82, 2.24) is 9.55 Å². The largest absolute Gasteiger partial charge is 0.491 e. The Labute approximate surface area is 129 Å². The van der Waals surface area contributed by atoms with Crippen LogP contribution in [0.15, 0.2) is 41.8 Å². The third kappa shape index (κ3) is 4.67. The van der Waals surface area contributed by atoms with E-state index in [4.69, 9.17) is 4.74 Å². The molecule has 0 saturated carbocycles. The zero-order valence-electron chi connectivity index (χ0n) is 11.7. The molecule has 22 heavy (non-hydrogen) atoms. The summed E-state index contributed by atoms with van der Waals surface area (Å²) in [6.45, 7) is -0.0846. The van der Waals surface area contributed by atoms with E-state index in [1.165, 1.54) is 23.9 Å². The molecule has 0 radical (unpaired) electrons. The normalized spacial score (nSPS) is 13.1. The van der Waals surface area contributed by atoms with Crippen LogP contribution in [0.5, 0.6) is 5.75 Å². The minimum Gasteiger partial charge on any atom is -0.491 e. The molecule has 1 heterocycles. The summed E-state index contributed by atoms with van der Waals surface area (Å²) in [5.74, 6) is 0.417. The third-order valence-electron chi connectivity index (χ3n) is 2.79. The first-order chi connectivity index (χ1) is 10.4. The molecule has 0 aliphatic rings. The van der Waals surface area contributed by atoms with Crippen LogP contribution in [-0.4, -0.2) is 33.1 Å². The van der Waals surface area contributed by atoms with Gasteiger partial charge in [0.25, 0.3) is 0 Å². The highest BCUT2D eigenvalue weighted by Gasteiger charge is 2.30. The van der Waals surface area contributed by atoms with Crippen LogP contribution in [0.1, 0.15) is 5.56 Å². The molecule has 120 valence electrons. The Kier molecular flexibility index (Phi) is 5.36. The summed E-state index contributed by atoms with van der Waals surface area (Å²) in [6, 6.07) is 4.58. The number of aryl methyl sites for hydroxylation is 1. The first-order valence-electron chi connectivity index (χ1n) is 6.44. The summed E-state index contributed by atoms with van der Waals surface area (Å²) >= 11 is 1.35. The van der Waals surface area contributed by atoms with Crippen molar-refractivity contribution in [3.8, 4) is 5.75 Å². The number of benzene rings is 1. The second-order valence-corrected chi connectivity index (χ2v) is 5.61. The number of aliphatic hydroxyl groups is 1. The van der Waals surface area contributed by atoms with Gasteiger partial charge in [-0.3, -0.25) is 0 Å². The van der Waals surface area contributed by atoms with E-state index in [1.54, 1.807) is 12.4 Å². The number of aromatic nitrogens is 2. The molecule has 0 aliphatic carbocycles. The number of aliphatic hydroxyl groups excluding tert-OH is 1. The van der Waals surface area contributed by atoms with Crippen LogP contribution in [0.4, 0.5) is 13.2 Å². The number of hydrogen-bond donors (Lipinski definition) is 1. The number of imidazole rings is 1. The van der Waals surface area contributed by atoms with Gasteiger partial charge >= 0.3 is 6.18 Å². The molecule has 1 N–H and O–H groups in total. The Morgan fingerprint density at radius 3 is 2.82 bits per heavy atom. The lowest BCUT2D eigenvalue weighted by Crippen LogP contribution is -2.20. The zero-order chi connectivity index (χ0) is 16.2. The minimum atomic E-state index is -4.41. The Morgan fingerprint density at radius 1 is 1.41 bits per heavy atom. The molecule has 0 amide bonds. The molecule has 4 nitrogen and oxygen atoms in total. The van der Waals surface area contributed by atoms with E-state index < -0.39 is 17.8 Å². The standard InChI is InChI=1S/C14H15F3N2O2S/c1-19-6-5-18-13(19)22-9-11(20)8-21-12-4-2-3-10(7-12)14(15,16)17/h2-7,11,20H,8-9H2,1H3.